The normalized spacial score (nSPS) is 11.5. The van der Waals surface area contributed by atoms with Gasteiger partial charge in [0.25, 0.3) is 0 Å². The molecule has 0 amide bonds. The van der Waals surface area contributed by atoms with Gasteiger partial charge < -0.3 is 0 Å². The van der Waals surface area contributed by atoms with Gasteiger partial charge in [0.1, 0.15) is 0 Å². The highest BCUT2D eigenvalue weighted by atomic mass is 35.5. The zero-order valence-corrected chi connectivity index (χ0v) is 8.39. The van der Waals surface area contributed by atoms with Gasteiger partial charge >= 0.3 is 0 Å². The van der Waals surface area contributed by atoms with Crippen molar-refractivity contribution in [2.45, 2.75) is 0 Å². The molecule has 0 unspecified atom stereocenters. The van der Waals surface area contributed by atoms with Crippen molar-refractivity contribution in [3.05, 3.63) is 33.8 Å². The van der Waals surface area contributed by atoms with Crippen molar-refractivity contribution < 1.29 is 5.21 Å². The van der Waals surface area contributed by atoms with Crippen molar-refractivity contribution in [3.63, 3.8) is 0 Å². The third-order valence-corrected chi connectivity index (χ3v) is 2.16. The number of hydroxylamine groups is 1. The number of nitrogens with one attached hydrogen (secondary N) is 1. The van der Waals surface area contributed by atoms with Crippen LogP contribution in [0.5, 0.6) is 0 Å². The van der Waals surface area contributed by atoms with Gasteiger partial charge in [-0.1, -0.05) is 29.3 Å². The lowest BCUT2D eigenvalue weighted by Gasteiger charge is -2.07. The maximum atomic E-state index is 8.73. The van der Waals surface area contributed by atoms with Gasteiger partial charge in [-0.05, 0) is 12.1 Å². The van der Waals surface area contributed by atoms with Gasteiger partial charge in [0.15, 0.2) is 5.84 Å². The highest BCUT2D eigenvalue weighted by Crippen LogP contribution is 2.24. The van der Waals surface area contributed by atoms with Crippen LogP contribution in [0.15, 0.2) is 23.2 Å². The minimum Gasteiger partial charge on any atom is -0.290 e. The van der Waals surface area contributed by atoms with Gasteiger partial charge in [0.2, 0.25) is 0 Å². The SMILES string of the molecule is CN=C(NO)c1c(Cl)cccc1Cl. The summed E-state index contributed by atoms with van der Waals surface area (Å²) in [5.74, 6) is 0.246. The van der Waals surface area contributed by atoms with E-state index in [4.69, 9.17) is 28.4 Å². The number of benzene rings is 1. The molecule has 13 heavy (non-hydrogen) atoms. The standard InChI is InChI=1S/C8H8Cl2N2O/c1-11-8(12-13)7-5(9)3-2-4-6(7)10/h2-4,13H,1H3,(H,11,12). The minimum absolute atomic E-state index is 0.246. The highest BCUT2D eigenvalue weighted by molar-refractivity contribution is 6.40. The molecule has 0 atom stereocenters. The summed E-state index contributed by atoms with van der Waals surface area (Å²) in [7, 11) is 1.53. The first kappa shape index (κ1) is 10.3. The largest absolute Gasteiger partial charge is 0.290 e. The second-order valence-corrected chi connectivity index (χ2v) is 3.10. The number of halogens is 2. The van der Waals surface area contributed by atoms with Crippen LogP contribution in [0.3, 0.4) is 0 Å². The second kappa shape index (κ2) is 4.46. The van der Waals surface area contributed by atoms with E-state index in [1.54, 1.807) is 18.2 Å². The Morgan fingerprint density at radius 2 is 1.92 bits per heavy atom. The van der Waals surface area contributed by atoms with Crippen molar-refractivity contribution in [1.82, 2.24) is 5.48 Å². The zero-order chi connectivity index (χ0) is 9.84. The Morgan fingerprint density at radius 1 is 1.38 bits per heavy atom. The molecule has 70 valence electrons. The number of aliphatic imine (C=N–C) groups is 1. The molecule has 0 heterocycles. The topological polar surface area (TPSA) is 44.6 Å². The van der Waals surface area contributed by atoms with Crippen LogP contribution in [0.2, 0.25) is 10.0 Å². The molecule has 0 aliphatic carbocycles. The smallest absolute Gasteiger partial charge is 0.154 e. The molecule has 3 nitrogen and oxygen atoms in total. The first-order chi connectivity index (χ1) is 6.20. The third-order valence-electron chi connectivity index (χ3n) is 1.53. The predicted octanol–water partition coefficient (Wildman–Crippen LogP) is 2.35. The molecule has 0 spiro atoms. The van der Waals surface area contributed by atoms with Gasteiger partial charge in [0.05, 0.1) is 15.6 Å². The van der Waals surface area contributed by atoms with E-state index in [1.165, 1.54) is 7.05 Å². The van der Waals surface area contributed by atoms with Crippen molar-refractivity contribution in [2.24, 2.45) is 4.99 Å². The fourth-order valence-corrected chi connectivity index (χ4v) is 1.52. The lowest BCUT2D eigenvalue weighted by Crippen LogP contribution is -2.20. The van der Waals surface area contributed by atoms with Crippen LogP contribution in [-0.4, -0.2) is 18.1 Å². The fourth-order valence-electron chi connectivity index (χ4n) is 0.942. The van der Waals surface area contributed by atoms with Crippen LogP contribution in [0.4, 0.5) is 0 Å². The summed E-state index contributed by atoms with van der Waals surface area (Å²) >= 11 is 11.7. The van der Waals surface area contributed by atoms with E-state index >= 15 is 0 Å². The van der Waals surface area contributed by atoms with E-state index in [1.807, 2.05) is 5.48 Å². The molecule has 0 bridgehead atoms. The molecule has 0 saturated heterocycles. The minimum atomic E-state index is 0.246. The quantitative estimate of drug-likeness (QED) is 0.432. The lowest BCUT2D eigenvalue weighted by molar-refractivity contribution is 0.235. The summed E-state index contributed by atoms with van der Waals surface area (Å²) in [6.07, 6.45) is 0. The number of hydrogen-bond donors (Lipinski definition) is 2. The molecule has 1 aromatic rings. The molecular weight excluding hydrogens is 211 g/mol. The highest BCUT2D eigenvalue weighted by Gasteiger charge is 2.10. The van der Waals surface area contributed by atoms with Gasteiger partial charge in [-0.15, -0.1) is 0 Å². The summed E-state index contributed by atoms with van der Waals surface area (Å²) in [6, 6.07) is 5.06. The van der Waals surface area contributed by atoms with E-state index in [9.17, 15) is 0 Å². The number of hydrogen-bond acceptors (Lipinski definition) is 2. The number of nitrogens with zero attached hydrogens (tertiary/aromatic N) is 1. The number of rotatable bonds is 1. The average molecular weight is 219 g/mol. The Bertz CT molecular complexity index is 319. The van der Waals surface area contributed by atoms with Gasteiger partial charge in [-0.25, -0.2) is 0 Å². The van der Waals surface area contributed by atoms with E-state index in [2.05, 4.69) is 4.99 Å². The molecule has 2 N–H and O–H groups in total. The summed E-state index contributed by atoms with van der Waals surface area (Å²) in [6.45, 7) is 0. The van der Waals surface area contributed by atoms with E-state index in [0.29, 0.717) is 15.6 Å². The van der Waals surface area contributed by atoms with Crippen molar-refractivity contribution in [3.8, 4) is 0 Å². The molecule has 0 aliphatic rings. The van der Waals surface area contributed by atoms with Crippen molar-refractivity contribution >= 4 is 29.0 Å². The summed E-state index contributed by atoms with van der Waals surface area (Å²) in [4.78, 5) is 3.79. The Balaban J connectivity index is 3.27. The average Bonchev–Trinajstić information content (AvgIpc) is 2.11. The van der Waals surface area contributed by atoms with Crippen LogP contribution < -0.4 is 5.48 Å². The van der Waals surface area contributed by atoms with Crippen LogP contribution in [0.1, 0.15) is 5.56 Å². The van der Waals surface area contributed by atoms with Gasteiger partial charge in [0, 0.05) is 7.05 Å². The monoisotopic (exact) mass is 218 g/mol. The van der Waals surface area contributed by atoms with E-state index < -0.39 is 0 Å². The second-order valence-electron chi connectivity index (χ2n) is 2.28. The Kier molecular flexibility index (Phi) is 3.54. The summed E-state index contributed by atoms with van der Waals surface area (Å²) in [5, 5.41) is 9.61. The van der Waals surface area contributed by atoms with Gasteiger partial charge in [-0.2, -0.15) is 0 Å². The first-order valence-corrected chi connectivity index (χ1v) is 4.27. The molecule has 5 heteroatoms. The molecule has 0 saturated carbocycles. The Labute approximate surface area is 86.0 Å². The lowest BCUT2D eigenvalue weighted by atomic mass is 10.2. The summed E-state index contributed by atoms with van der Waals surface area (Å²) < 4.78 is 0. The number of amidine groups is 1. The molecule has 0 radical (unpaired) electrons. The Morgan fingerprint density at radius 3 is 2.31 bits per heavy atom. The maximum Gasteiger partial charge on any atom is 0.154 e. The maximum absolute atomic E-state index is 8.73. The third kappa shape index (κ3) is 2.12. The molecule has 0 fully saturated rings. The van der Waals surface area contributed by atoms with Crippen molar-refractivity contribution in [2.75, 3.05) is 7.05 Å². The van der Waals surface area contributed by atoms with Crippen LogP contribution in [0, 0.1) is 0 Å². The Hall–Kier alpha value is -0.770. The molecule has 0 aliphatic heterocycles. The van der Waals surface area contributed by atoms with Crippen LogP contribution in [0.25, 0.3) is 0 Å². The van der Waals surface area contributed by atoms with E-state index in [0.717, 1.165) is 0 Å². The predicted molar refractivity (Wildman–Crippen MR) is 53.8 cm³/mol. The van der Waals surface area contributed by atoms with Crippen molar-refractivity contribution in [1.29, 1.82) is 0 Å². The van der Waals surface area contributed by atoms with E-state index in [-0.39, 0.29) is 5.84 Å². The molecule has 0 aromatic heterocycles. The molecular formula is C8H8Cl2N2O. The summed E-state index contributed by atoms with van der Waals surface area (Å²) in [5.41, 5.74) is 2.43. The molecule has 1 rings (SSSR count). The zero-order valence-electron chi connectivity index (χ0n) is 6.88. The fraction of sp³-hybridized carbons (Fsp3) is 0.125. The van der Waals surface area contributed by atoms with Gasteiger partial charge in [-0.3, -0.25) is 15.7 Å². The molecule has 1 aromatic carbocycles. The first-order valence-electron chi connectivity index (χ1n) is 3.52. The van der Waals surface area contributed by atoms with Crippen LogP contribution in [-0.2, 0) is 0 Å². The van der Waals surface area contributed by atoms with Crippen LogP contribution >= 0.6 is 23.2 Å².